The van der Waals surface area contributed by atoms with Gasteiger partial charge < -0.3 is 4.90 Å². The van der Waals surface area contributed by atoms with Gasteiger partial charge in [0.1, 0.15) is 0 Å². The maximum atomic E-state index is 12.7. The van der Waals surface area contributed by atoms with E-state index >= 15 is 0 Å². The third-order valence-corrected chi connectivity index (χ3v) is 4.25. The lowest BCUT2D eigenvalue weighted by molar-refractivity contribution is -0.137. The Morgan fingerprint density at radius 2 is 1.71 bits per heavy atom. The van der Waals surface area contributed by atoms with Gasteiger partial charge in [0.25, 0.3) is 0 Å². The fourth-order valence-corrected chi connectivity index (χ4v) is 2.91. The predicted molar refractivity (Wildman–Crippen MR) is 86.2 cm³/mol. The van der Waals surface area contributed by atoms with Crippen LogP contribution in [0.3, 0.4) is 0 Å². The lowest BCUT2D eigenvalue weighted by atomic mass is 9.94. The number of halogens is 3. The minimum absolute atomic E-state index is 0.111. The maximum absolute atomic E-state index is 12.7. The molecule has 0 saturated carbocycles. The maximum Gasteiger partial charge on any atom is 0.416 e. The van der Waals surface area contributed by atoms with Crippen LogP contribution in [0.5, 0.6) is 0 Å². The van der Waals surface area contributed by atoms with Crippen molar-refractivity contribution in [2.45, 2.75) is 19.1 Å². The van der Waals surface area contributed by atoms with Gasteiger partial charge in [0.05, 0.1) is 5.56 Å². The van der Waals surface area contributed by atoms with Crippen LogP contribution in [0.4, 0.5) is 13.2 Å². The number of hydrogen-bond donors (Lipinski definition) is 0. The number of alkyl halides is 3. The number of carbonyl (C=O) groups is 1. The number of hydrogen-bond acceptors (Lipinski definition) is 1. The van der Waals surface area contributed by atoms with E-state index in [0.717, 1.165) is 35.2 Å². The summed E-state index contributed by atoms with van der Waals surface area (Å²) in [6, 6.07) is 11.0. The number of amides is 1. The second-order valence-electron chi connectivity index (χ2n) is 5.77. The molecule has 2 aromatic rings. The van der Waals surface area contributed by atoms with Gasteiger partial charge in [0.2, 0.25) is 5.91 Å². The molecule has 1 aliphatic heterocycles. The second kappa shape index (κ2) is 6.15. The monoisotopic (exact) mass is 331 g/mol. The van der Waals surface area contributed by atoms with Crippen molar-refractivity contribution >= 4 is 5.91 Å². The third-order valence-electron chi connectivity index (χ3n) is 4.25. The van der Waals surface area contributed by atoms with Crippen LogP contribution in [0.25, 0.3) is 11.1 Å². The number of rotatable bonds is 2. The highest BCUT2D eigenvalue weighted by molar-refractivity contribution is 5.87. The van der Waals surface area contributed by atoms with E-state index in [1.165, 1.54) is 23.8 Å². The van der Waals surface area contributed by atoms with E-state index in [4.69, 9.17) is 0 Å². The molecule has 0 aromatic heterocycles. The van der Waals surface area contributed by atoms with Crippen LogP contribution in [0.1, 0.15) is 16.7 Å². The van der Waals surface area contributed by atoms with Gasteiger partial charge in [0, 0.05) is 13.1 Å². The molecule has 2 nitrogen and oxygen atoms in total. The Morgan fingerprint density at radius 1 is 1.04 bits per heavy atom. The Kier molecular flexibility index (Phi) is 4.18. The van der Waals surface area contributed by atoms with Crippen molar-refractivity contribution in [3.63, 3.8) is 0 Å². The summed E-state index contributed by atoms with van der Waals surface area (Å²) in [6.07, 6.45) is -2.27. The molecular formula is C19H16F3NO. The van der Waals surface area contributed by atoms with Gasteiger partial charge >= 0.3 is 6.18 Å². The first-order valence-corrected chi connectivity index (χ1v) is 7.59. The first kappa shape index (κ1) is 16.3. The smallest absolute Gasteiger partial charge is 0.335 e. The van der Waals surface area contributed by atoms with Gasteiger partial charge in [-0.1, -0.05) is 30.8 Å². The van der Waals surface area contributed by atoms with Crippen LogP contribution in [-0.2, 0) is 23.9 Å². The zero-order valence-corrected chi connectivity index (χ0v) is 12.9. The summed E-state index contributed by atoms with van der Waals surface area (Å²) in [7, 11) is 0. The standard InChI is InChI=1S/C19H16F3NO/c1-2-18(24)23-10-9-14-3-4-15(11-16(14)12-23)13-5-7-17(8-6-13)19(20,21)22/h2-8,11H,1,9-10,12H2. The molecule has 3 rings (SSSR count). The van der Waals surface area contributed by atoms with Crippen LogP contribution in [0, 0.1) is 0 Å². The molecule has 0 radical (unpaired) electrons. The average Bonchev–Trinajstić information content (AvgIpc) is 2.59. The molecule has 0 unspecified atom stereocenters. The molecule has 124 valence electrons. The van der Waals surface area contributed by atoms with Gasteiger partial charge in [-0.2, -0.15) is 13.2 Å². The van der Waals surface area contributed by atoms with E-state index in [1.54, 1.807) is 4.90 Å². The molecule has 5 heteroatoms. The van der Waals surface area contributed by atoms with E-state index in [0.29, 0.717) is 13.1 Å². The zero-order valence-electron chi connectivity index (χ0n) is 12.9. The first-order chi connectivity index (χ1) is 11.4. The van der Waals surface area contributed by atoms with Crippen LogP contribution in [0.15, 0.2) is 55.1 Å². The number of benzene rings is 2. The molecule has 0 saturated heterocycles. The fourth-order valence-electron chi connectivity index (χ4n) is 2.91. The highest BCUT2D eigenvalue weighted by Gasteiger charge is 2.30. The van der Waals surface area contributed by atoms with Crippen molar-refractivity contribution in [3.05, 3.63) is 71.8 Å². The van der Waals surface area contributed by atoms with Gasteiger partial charge in [-0.05, 0) is 52.9 Å². The predicted octanol–water partition coefficient (Wildman–Crippen LogP) is 4.44. The molecule has 0 spiro atoms. The number of fused-ring (bicyclic) bond motifs is 1. The summed E-state index contributed by atoms with van der Waals surface area (Å²) >= 11 is 0. The van der Waals surface area contributed by atoms with E-state index in [-0.39, 0.29) is 5.91 Å². The SMILES string of the molecule is C=CC(=O)N1CCc2ccc(-c3ccc(C(F)(F)F)cc3)cc2C1. The number of nitrogens with zero attached hydrogens (tertiary/aromatic N) is 1. The largest absolute Gasteiger partial charge is 0.416 e. The normalized spacial score (nSPS) is 14.2. The second-order valence-corrected chi connectivity index (χ2v) is 5.77. The lowest BCUT2D eigenvalue weighted by Crippen LogP contribution is -2.34. The molecule has 0 atom stereocenters. The minimum atomic E-state index is -4.33. The first-order valence-electron chi connectivity index (χ1n) is 7.59. The van der Waals surface area contributed by atoms with Crippen molar-refractivity contribution < 1.29 is 18.0 Å². The van der Waals surface area contributed by atoms with Gasteiger partial charge in [-0.3, -0.25) is 4.79 Å². The summed E-state index contributed by atoms with van der Waals surface area (Å²) in [5.41, 5.74) is 3.09. The Hall–Kier alpha value is -2.56. The minimum Gasteiger partial charge on any atom is -0.335 e. The van der Waals surface area contributed by atoms with Crippen LogP contribution in [-0.4, -0.2) is 17.4 Å². The van der Waals surface area contributed by atoms with Crippen molar-refractivity contribution in [3.8, 4) is 11.1 Å². The molecule has 0 fully saturated rings. The van der Waals surface area contributed by atoms with Crippen molar-refractivity contribution in [1.82, 2.24) is 4.90 Å². The van der Waals surface area contributed by atoms with E-state index in [1.807, 2.05) is 18.2 Å². The summed E-state index contributed by atoms with van der Waals surface area (Å²) in [5.74, 6) is -0.111. The van der Waals surface area contributed by atoms with E-state index in [2.05, 4.69) is 6.58 Å². The van der Waals surface area contributed by atoms with Crippen LogP contribution in [0.2, 0.25) is 0 Å². The van der Waals surface area contributed by atoms with Crippen LogP contribution < -0.4 is 0 Å². The molecule has 0 bridgehead atoms. The Bertz CT molecular complexity index is 778. The fraction of sp³-hybridized carbons (Fsp3) is 0.211. The van der Waals surface area contributed by atoms with E-state index < -0.39 is 11.7 Å². The van der Waals surface area contributed by atoms with Crippen molar-refractivity contribution in [2.75, 3.05) is 6.54 Å². The zero-order chi connectivity index (χ0) is 17.3. The molecule has 0 aliphatic carbocycles. The molecular weight excluding hydrogens is 315 g/mol. The van der Waals surface area contributed by atoms with E-state index in [9.17, 15) is 18.0 Å². The van der Waals surface area contributed by atoms with Gasteiger partial charge in [-0.25, -0.2) is 0 Å². The summed E-state index contributed by atoms with van der Waals surface area (Å²) in [5, 5.41) is 0. The molecule has 1 aliphatic rings. The lowest BCUT2D eigenvalue weighted by Gasteiger charge is -2.28. The molecule has 24 heavy (non-hydrogen) atoms. The molecule has 0 N–H and O–H groups in total. The molecule has 1 amide bonds. The molecule has 2 aromatic carbocycles. The summed E-state index contributed by atoms with van der Waals surface area (Å²) < 4.78 is 38.0. The quantitative estimate of drug-likeness (QED) is 0.745. The van der Waals surface area contributed by atoms with Crippen LogP contribution >= 0.6 is 0 Å². The number of carbonyl (C=O) groups excluding carboxylic acids is 1. The Balaban J connectivity index is 1.89. The van der Waals surface area contributed by atoms with Gasteiger partial charge in [0.15, 0.2) is 0 Å². The summed E-state index contributed by atoms with van der Waals surface area (Å²) in [4.78, 5) is 13.5. The highest BCUT2D eigenvalue weighted by atomic mass is 19.4. The topological polar surface area (TPSA) is 20.3 Å². The third kappa shape index (κ3) is 3.20. The van der Waals surface area contributed by atoms with Gasteiger partial charge in [-0.15, -0.1) is 0 Å². The summed E-state index contributed by atoms with van der Waals surface area (Å²) in [6.45, 7) is 4.65. The average molecular weight is 331 g/mol. The highest BCUT2D eigenvalue weighted by Crippen LogP contribution is 2.32. The van der Waals surface area contributed by atoms with Crippen molar-refractivity contribution in [1.29, 1.82) is 0 Å². The molecule has 1 heterocycles. The Labute approximate surface area is 138 Å². The van der Waals surface area contributed by atoms with Crippen molar-refractivity contribution in [2.24, 2.45) is 0 Å². The Morgan fingerprint density at radius 3 is 2.33 bits per heavy atom.